The van der Waals surface area contributed by atoms with Crippen LogP contribution in [0.25, 0.3) is 0 Å². The maximum absolute atomic E-state index is 11.9. The molecule has 25 heavy (non-hydrogen) atoms. The molecule has 0 aliphatic heterocycles. The summed E-state index contributed by atoms with van der Waals surface area (Å²) in [6.07, 6.45) is -0.587. The van der Waals surface area contributed by atoms with Crippen LogP contribution < -0.4 is 14.8 Å². The maximum Gasteiger partial charge on any atom is 0.411 e. The van der Waals surface area contributed by atoms with Crippen molar-refractivity contribution in [1.29, 1.82) is 0 Å². The third-order valence-corrected chi connectivity index (χ3v) is 4.63. The predicted molar refractivity (Wildman–Crippen MR) is 102 cm³/mol. The Morgan fingerprint density at radius 1 is 1.08 bits per heavy atom. The molecule has 2 aromatic carbocycles. The number of benzene rings is 2. The van der Waals surface area contributed by atoms with Crippen molar-refractivity contribution in [3.05, 3.63) is 46.4 Å². The van der Waals surface area contributed by atoms with Gasteiger partial charge in [-0.25, -0.2) is 4.79 Å². The van der Waals surface area contributed by atoms with Crippen molar-refractivity contribution in [2.75, 3.05) is 31.9 Å². The summed E-state index contributed by atoms with van der Waals surface area (Å²) in [6, 6.07) is 10.6. The van der Waals surface area contributed by atoms with E-state index >= 15 is 0 Å². The molecule has 0 unspecified atom stereocenters. The predicted octanol–water partition coefficient (Wildman–Crippen LogP) is 5.35. The summed E-state index contributed by atoms with van der Waals surface area (Å²) in [7, 11) is 2.99. The molecule has 1 N–H and O–H groups in total. The van der Waals surface area contributed by atoms with E-state index in [2.05, 4.69) is 5.32 Å². The van der Waals surface area contributed by atoms with Gasteiger partial charge in [0.05, 0.1) is 24.9 Å². The van der Waals surface area contributed by atoms with E-state index in [-0.39, 0.29) is 6.61 Å². The number of ether oxygens (including phenoxy) is 3. The number of anilines is 1. The summed E-state index contributed by atoms with van der Waals surface area (Å²) in [5.74, 6) is 1.50. The lowest BCUT2D eigenvalue weighted by atomic mass is 10.2. The van der Waals surface area contributed by atoms with Crippen LogP contribution >= 0.6 is 35.0 Å². The van der Waals surface area contributed by atoms with Gasteiger partial charge >= 0.3 is 6.09 Å². The maximum atomic E-state index is 11.9. The summed E-state index contributed by atoms with van der Waals surface area (Å²) in [5.41, 5.74) is 0.406. The Morgan fingerprint density at radius 3 is 2.40 bits per heavy atom. The second-order valence-corrected chi connectivity index (χ2v) is 6.76. The number of carbonyl (C=O) groups excluding carboxylic acids is 1. The molecule has 0 aliphatic carbocycles. The summed E-state index contributed by atoms with van der Waals surface area (Å²) < 4.78 is 15.5. The fourth-order valence-electron chi connectivity index (χ4n) is 1.93. The van der Waals surface area contributed by atoms with E-state index < -0.39 is 6.09 Å². The first kappa shape index (κ1) is 19.6. The Morgan fingerprint density at radius 2 is 1.76 bits per heavy atom. The lowest BCUT2D eigenvalue weighted by Crippen LogP contribution is -2.16. The van der Waals surface area contributed by atoms with E-state index in [1.165, 1.54) is 14.2 Å². The van der Waals surface area contributed by atoms with Gasteiger partial charge < -0.3 is 14.2 Å². The van der Waals surface area contributed by atoms with E-state index in [1.807, 2.05) is 24.3 Å². The molecule has 0 saturated heterocycles. The van der Waals surface area contributed by atoms with E-state index in [4.69, 9.17) is 37.4 Å². The average molecular weight is 402 g/mol. The van der Waals surface area contributed by atoms with Crippen LogP contribution in [0.4, 0.5) is 10.5 Å². The number of methoxy groups -OCH3 is 2. The van der Waals surface area contributed by atoms with Crippen LogP contribution in [-0.2, 0) is 4.74 Å². The molecule has 0 heterocycles. The van der Waals surface area contributed by atoms with Crippen molar-refractivity contribution in [1.82, 2.24) is 0 Å². The fourth-order valence-corrected chi connectivity index (χ4v) is 3.03. The number of rotatable bonds is 7. The van der Waals surface area contributed by atoms with Crippen molar-refractivity contribution in [2.24, 2.45) is 0 Å². The first-order chi connectivity index (χ1) is 12.0. The van der Waals surface area contributed by atoms with Gasteiger partial charge in [-0.3, -0.25) is 5.32 Å². The summed E-state index contributed by atoms with van der Waals surface area (Å²) >= 11 is 13.5. The molecule has 1 amide bonds. The van der Waals surface area contributed by atoms with Gasteiger partial charge in [0.1, 0.15) is 18.1 Å². The number of thioether (sulfide) groups is 1. The van der Waals surface area contributed by atoms with Gasteiger partial charge in [0.2, 0.25) is 0 Å². The highest BCUT2D eigenvalue weighted by atomic mass is 35.5. The second-order valence-electron chi connectivity index (χ2n) is 4.75. The van der Waals surface area contributed by atoms with Crippen LogP contribution in [-0.4, -0.2) is 32.7 Å². The molecule has 0 aliphatic rings. The molecular formula is C17H17Cl2NO4S. The third-order valence-electron chi connectivity index (χ3n) is 3.11. The molecular weight excluding hydrogens is 385 g/mol. The first-order valence-electron chi connectivity index (χ1n) is 7.27. The minimum Gasteiger partial charge on any atom is -0.495 e. The van der Waals surface area contributed by atoms with Gasteiger partial charge in [-0.1, -0.05) is 23.2 Å². The van der Waals surface area contributed by atoms with Crippen LogP contribution in [0.1, 0.15) is 0 Å². The van der Waals surface area contributed by atoms with Crippen LogP contribution in [0.3, 0.4) is 0 Å². The second kappa shape index (κ2) is 9.65. The van der Waals surface area contributed by atoms with Gasteiger partial charge in [0, 0.05) is 21.7 Å². The number of halogens is 2. The van der Waals surface area contributed by atoms with Gasteiger partial charge in [-0.2, -0.15) is 0 Å². The summed E-state index contributed by atoms with van der Waals surface area (Å²) in [6.45, 7) is 0.255. The zero-order chi connectivity index (χ0) is 18.2. The Balaban J connectivity index is 1.83. The number of nitrogens with one attached hydrogen (secondary N) is 1. The molecule has 0 bridgehead atoms. The number of amides is 1. The van der Waals surface area contributed by atoms with Crippen LogP contribution in [0.2, 0.25) is 10.0 Å². The van der Waals surface area contributed by atoms with E-state index in [0.29, 0.717) is 33.0 Å². The Kier molecular flexibility index (Phi) is 7.55. The highest BCUT2D eigenvalue weighted by Gasteiger charge is 2.13. The molecule has 0 saturated carbocycles. The highest BCUT2D eigenvalue weighted by Crippen LogP contribution is 2.35. The van der Waals surface area contributed by atoms with E-state index in [9.17, 15) is 4.79 Å². The van der Waals surface area contributed by atoms with Gasteiger partial charge in [-0.15, -0.1) is 11.8 Å². The van der Waals surface area contributed by atoms with Gasteiger partial charge in [0.15, 0.2) is 0 Å². The first-order valence-corrected chi connectivity index (χ1v) is 9.01. The van der Waals surface area contributed by atoms with Crippen molar-refractivity contribution in [3.63, 3.8) is 0 Å². The molecule has 0 aromatic heterocycles. The molecule has 134 valence electrons. The van der Waals surface area contributed by atoms with E-state index in [0.717, 1.165) is 4.90 Å². The largest absolute Gasteiger partial charge is 0.495 e. The lowest BCUT2D eigenvalue weighted by molar-refractivity contribution is 0.169. The highest BCUT2D eigenvalue weighted by molar-refractivity contribution is 7.99. The fraction of sp³-hybridized carbons (Fsp3) is 0.235. The lowest BCUT2D eigenvalue weighted by Gasteiger charge is -2.13. The molecule has 0 fully saturated rings. The number of hydrogen-bond acceptors (Lipinski definition) is 5. The molecule has 0 atom stereocenters. The van der Waals surface area contributed by atoms with E-state index in [1.54, 1.807) is 23.9 Å². The third kappa shape index (κ3) is 5.92. The average Bonchev–Trinajstić information content (AvgIpc) is 2.60. The molecule has 5 nitrogen and oxygen atoms in total. The molecule has 8 heteroatoms. The quantitative estimate of drug-likeness (QED) is 0.500. The van der Waals surface area contributed by atoms with Crippen molar-refractivity contribution in [2.45, 2.75) is 4.90 Å². The van der Waals surface area contributed by atoms with Crippen molar-refractivity contribution in [3.8, 4) is 11.5 Å². The standard InChI is InChI=1S/C17H17Cl2NO4S/c1-22-15-10-16(23-2)14(9-13(15)19)20-17(21)24-7-8-25-12-5-3-11(18)4-6-12/h3-6,9-10H,7-8H2,1-2H3,(H,20,21). The summed E-state index contributed by atoms with van der Waals surface area (Å²) in [4.78, 5) is 13.0. The van der Waals surface area contributed by atoms with Crippen molar-refractivity contribution >= 4 is 46.7 Å². The Bertz CT molecular complexity index is 725. The molecule has 0 spiro atoms. The SMILES string of the molecule is COc1cc(OC)c(NC(=O)OCCSc2ccc(Cl)cc2)cc1Cl. The van der Waals surface area contributed by atoms with Crippen molar-refractivity contribution < 1.29 is 19.0 Å². The summed E-state index contributed by atoms with van der Waals surface area (Å²) in [5, 5.41) is 3.65. The van der Waals surface area contributed by atoms with Crippen LogP contribution in [0.5, 0.6) is 11.5 Å². The monoisotopic (exact) mass is 401 g/mol. The number of hydrogen-bond donors (Lipinski definition) is 1. The normalized spacial score (nSPS) is 10.2. The zero-order valence-electron chi connectivity index (χ0n) is 13.7. The Labute approximate surface area is 160 Å². The minimum atomic E-state index is -0.587. The minimum absolute atomic E-state index is 0.255. The topological polar surface area (TPSA) is 56.8 Å². The smallest absolute Gasteiger partial charge is 0.411 e. The molecule has 0 radical (unpaired) electrons. The molecule has 2 aromatic rings. The van der Waals surface area contributed by atoms with Gasteiger partial charge in [0.25, 0.3) is 0 Å². The van der Waals surface area contributed by atoms with Crippen LogP contribution in [0, 0.1) is 0 Å². The van der Waals surface area contributed by atoms with Gasteiger partial charge in [-0.05, 0) is 30.3 Å². The Hall–Kier alpha value is -1.76. The number of carbonyl (C=O) groups is 1. The van der Waals surface area contributed by atoms with Crippen LogP contribution in [0.15, 0.2) is 41.3 Å². The molecule has 2 rings (SSSR count). The zero-order valence-corrected chi connectivity index (χ0v) is 16.0.